The van der Waals surface area contributed by atoms with E-state index in [9.17, 15) is 172 Å². The lowest BCUT2D eigenvalue weighted by Crippen LogP contribution is -2.72. The molecular formula is C76H127N5O55. The molecular weight excluding hydrogens is 1860 g/mol. The van der Waals surface area contributed by atoms with Crippen LogP contribution in [-0.2, 0) is 123 Å². The molecule has 1 unspecified atom stereocenters. The van der Waals surface area contributed by atoms with Crippen LogP contribution < -0.4 is 26.6 Å². The molecule has 60 heteroatoms. The van der Waals surface area contributed by atoms with Crippen LogP contribution in [0, 0.1) is 0 Å². The molecule has 0 bridgehead atoms. The van der Waals surface area contributed by atoms with Crippen molar-refractivity contribution in [3.8, 4) is 0 Å². The lowest BCUT2D eigenvalue weighted by molar-refractivity contribution is -0.409. The van der Waals surface area contributed by atoms with Crippen molar-refractivity contribution in [2.75, 3.05) is 66.1 Å². The van der Waals surface area contributed by atoms with Gasteiger partial charge in [-0.1, -0.05) is 0 Å². The molecule has 55 atom stereocenters. The first-order valence-corrected chi connectivity index (χ1v) is 43.5. The Hall–Kier alpha value is -4.65. The van der Waals surface area contributed by atoms with Crippen LogP contribution in [0.15, 0.2) is 0 Å². The molecule has 11 fully saturated rings. The van der Waals surface area contributed by atoms with Crippen molar-refractivity contribution in [2.24, 2.45) is 0 Å². The number of carbonyl (C=O) groups excluding carboxylic acids is 5. The molecule has 60 nitrogen and oxygen atoms in total. The highest BCUT2D eigenvalue weighted by Gasteiger charge is 2.64. The lowest BCUT2D eigenvalue weighted by atomic mass is 9.93. The van der Waals surface area contributed by atoms with Gasteiger partial charge in [0, 0.05) is 34.6 Å². The summed E-state index contributed by atoms with van der Waals surface area (Å²) in [5.74, 6) is -4.99. The Balaban J connectivity index is 1.04. The van der Waals surface area contributed by atoms with Crippen LogP contribution in [0.1, 0.15) is 41.5 Å². The molecule has 34 N–H and O–H groups in total. The molecule has 0 aromatic rings. The third-order valence-corrected chi connectivity index (χ3v) is 25.0. The van der Waals surface area contributed by atoms with Crippen LogP contribution in [0.3, 0.4) is 0 Å². The van der Waals surface area contributed by atoms with Crippen molar-refractivity contribution in [2.45, 2.75) is 379 Å². The molecule has 0 aromatic carbocycles. The topological polar surface area (TPSA) is 926 Å². The van der Waals surface area contributed by atoms with E-state index in [1.165, 1.54) is 6.92 Å². The monoisotopic (exact) mass is 1990 g/mol. The quantitative estimate of drug-likeness (QED) is 0.0280. The van der Waals surface area contributed by atoms with Gasteiger partial charge in [-0.15, -0.1) is 0 Å². The van der Waals surface area contributed by atoms with Gasteiger partial charge < -0.3 is 274 Å². The van der Waals surface area contributed by atoms with Gasteiger partial charge >= 0.3 is 0 Å². The van der Waals surface area contributed by atoms with Crippen molar-refractivity contribution in [1.29, 1.82) is 0 Å². The number of hydrogen-bond donors (Lipinski definition) is 34. The molecule has 0 saturated carbocycles. The van der Waals surface area contributed by atoms with Gasteiger partial charge in [0.2, 0.25) is 29.5 Å². The fourth-order valence-corrected chi connectivity index (χ4v) is 17.8. The van der Waals surface area contributed by atoms with E-state index in [-0.39, 0.29) is 0 Å². The maximum Gasteiger partial charge on any atom is 0.217 e. The molecule has 0 aliphatic carbocycles. The molecule has 786 valence electrons. The minimum absolute atomic E-state index is 0.838. The number of aliphatic hydroxyl groups excluding tert-OH is 29. The number of nitrogens with one attached hydrogen (secondary N) is 5. The van der Waals surface area contributed by atoms with Crippen molar-refractivity contribution < 1.29 is 272 Å². The Morgan fingerprint density at radius 1 is 0.206 bits per heavy atom. The predicted molar refractivity (Wildman–Crippen MR) is 419 cm³/mol. The summed E-state index contributed by atoms with van der Waals surface area (Å²) in [6.07, 6.45) is -110. The largest absolute Gasteiger partial charge is 0.394 e. The minimum Gasteiger partial charge on any atom is -0.394 e. The Labute approximate surface area is 770 Å². The normalized spacial score (nSPS) is 49.2. The smallest absolute Gasteiger partial charge is 0.217 e. The van der Waals surface area contributed by atoms with Gasteiger partial charge in [0.05, 0.1) is 72.2 Å². The highest BCUT2D eigenvalue weighted by Crippen LogP contribution is 2.43. The molecule has 11 saturated heterocycles. The van der Waals surface area contributed by atoms with Gasteiger partial charge in [-0.05, 0) is 6.92 Å². The summed E-state index contributed by atoms with van der Waals surface area (Å²) in [7, 11) is 0. The van der Waals surface area contributed by atoms with E-state index in [4.69, 9.17) is 99.5 Å². The van der Waals surface area contributed by atoms with Crippen LogP contribution in [-0.4, -0.2) is 581 Å². The zero-order valence-electron chi connectivity index (χ0n) is 73.4. The van der Waals surface area contributed by atoms with Crippen LogP contribution in [0.25, 0.3) is 0 Å². The van der Waals surface area contributed by atoms with Crippen molar-refractivity contribution in [1.82, 2.24) is 26.6 Å². The summed E-state index contributed by atoms with van der Waals surface area (Å²) < 4.78 is 129. The van der Waals surface area contributed by atoms with Crippen LogP contribution in [0.4, 0.5) is 0 Å². The first-order valence-electron chi connectivity index (χ1n) is 43.5. The second-order valence-corrected chi connectivity index (χ2v) is 34.5. The number of aliphatic hydroxyl groups is 29. The highest BCUT2D eigenvalue weighted by atomic mass is 16.8. The highest BCUT2D eigenvalue weighted by molar-refractivity contribution is 5.75. The lowest BCUT2D eigenvalue weighted by Gasteiger charge is -2.52. The second-order valence-electron chi connectivity index (χ2n) is 34.5. The van der Waals surface area contributed by atoms with E-state index in [0.29, 0.717) is 0 Å². The minimum atomic E-state index is -2.82. The van der Waals surface area contributed by atoms with Crippen LogP contribution in [0.2, 0.25) is 0 Å². The number of amides is 5. The molecule has 0 spiro atoms. The molecule has 0 aromatic heterocycles. The van der Waals surface area contributed by atoms with Gasteiger partial charge in [0.25, 0.3) is 0 Å². The van der Waals surface area contributed by atoms with E-state index in [1.807, 2.05) is 0 Å². The third kappa shape index (κ3) is 24.6. The fourth-order valence-electron chi connectivity index (χ4n) is 17.8. The van der Waals surface area contributed by atoms with Crippen molar-refractivity contribution in [3.05, 3.63) is 0 Å². The molecule has 11 aliphatic heterocycles. The zero-order chi connectivity index (χ0) is 100. The predicted octanol–water partition coefficient (Wildman–Crippen LogP) is -23.2. The van der Waals surface area contributed by atoms with E-state index in [1.54, 1.807) is 0 Å². The molecule has 136 heavy (non-hydrogen) atoms. The van der Waals surface area contributed by atoms with Crippen LogP contribution >= 0.6 is 0 Å². The maximum absolute atomic E-state index is 13.7. The molecule has 11 heterocycles. The molecule has 11 aliphatic rings. The first-order chi connectivity index (χ1) is 64.3. The number of ether oxygens (including phenoxy) is 21. The number of hydrogen-bond acceptors (Lipinski definition) is 55. The Morgan fingerprint density at radius 3 is 0.875 bits per heavy atom. The second kappa shape index (κ2) is 48.8. The van der Waals surface area contributed by atoms with Crippen molar-refractivity contribution in [3.63, 3.8) is 0 Å². The average molecular weight is 1990 g/mol. The van der Waals surface area contributed by atoms with Gasteiger partial charge in [0.15, 0.2) is 69.2 Å². The van der Waals surface area contributed by atoms with E-state index in [0.717, 1.165) is 34.6 Å². The standard InChI is InChI=1S/C76H127N5O55/c1-17-38(96)48(106)53(111)71(117-17)133-62-37(81-22(6)95)70(126-31(15-90)60(62)132-73-55(113)50(108)41(99)25(9-84)121-73)135-64-51(109)42(100)26(10-85)122-75(64)116-16-32-61(131-67-34(78-19(3)92)44(102)39(97)23(7-82)119-67)63(56(114)74(127-32)130-59-30(14-89)124-68(35(46(59)104)79-20(4)93)128-57-28(12-87)118-66(115)33(45(57)103)77-18(2)91)134-76-65(52(110)43(101)27(11-86)123-76)136-69-36(80-21(5)94)47(105)58(29(13-88)125-69)129-72-54(112)49(107)40(98)24(8-83)120-72/h17,23-76,82-90,96-115H,7-16H2,1-6H3,(H,77,91)(H,78,92)(H,79,93)(H,80,94)(H,81,95)/t17-,23+,24+,25+,26+,27+,28+,29+,30+,31+,32+,33+,34+,35+,36+,37+,38+,39+,40-,41-,42+,43+,44+,45+,46+,47+,48+,49-,50-,51-,52-,53-,54+,55+,56-,57+,58+,59+,60+,61+,62+,63+,64-,65-,66?,67-,68-,69-,70-,71-,72-,73-,74-,75-,76+/m0/s1. The van der Waals surface area contributed by atoms with E-state index < -0.39 is 433 Å². The third-order valence-electron chi connectivity index (χ3n) is 25.0. The van der Waals surface area contributed by atoms with E-state index >= 15 is 0 Å². The summed E-state index contributed by atoms with van der Waals surface area (Å²) >= 11 is 0. The summed E-state index contributed by atoms with van der Waals surface area (Å²) in [5, 5.41) is 340. The first kappa shape index (κ1) is 112. The molecule has 11 rings (SSSR count). The van der Waals surface area contributed by atoms with Gasteiger partial charge in [-0.2, -0.15) is 0 Å². The van der Waals surface area contributed by atoms with Crippen molar-refractivity contribution >= 4 is 29.5 Å². The average Bonchev–Trinajstić information content (AvgIpc) is 0.765. The molecule has 5 amide bonds. The zero-order valence-corrected chi connectivity index (χ0v) is 73.4. The Bertz CT molecular complexity index is 3760. The number of carbonyl (C=O) groups is 5. The maximum atomic E-state index is 13.7. The summed E-state index contributed by atoms with van der Waals surface area (Å²) in [5.41, 5.74) is 0. The number of rotatable bonds is 35. The Kier molecular flexibility index (Phi) is 40.1. The fraction of sp³-hybridized carbons (Fsp3) is 0.934. The van der Waals surface area contributed by atoms with Gasteiger partial charge in [-0.25, -0.2) is 0 Å². The van der Waals surface area contributed by atoms with Crippen LogP contribution in [0.5, 0.6) is 0 Å². The Morgan fingerprint density at radius 2 is 0.456 bits per heavy atom. The van der Waals surface area contributed by atoms with E-state index in [2.05, 4.69) is 26.6 Å². The summed E-state index contributed by atoms with van der Waals surface area (Å²) in [6.45, 7) is -6.41. The summed E-state index contributed by atoms with van der Waals surface area (Å²) in [6, 6.07) is -10.1. The molecule has 0 radical (unpaired) electrons. The summed E-state index contributed by atoms with van der Waals surface area (Å²) in [4.78, 5) is 65.9. The van der Waals surface area contributed by atoms with Gasteiger partial charge in [-0.3, -0.25) is 24.0 Å². The SMILES string of the molecule is CC(=O)N[C@H]1[C@H](O[C@H]2[C@H](O)[C@@H](NC(C)=O)C(O)O[C@@H]2CO)O[C@H](CO)[C@@H](O[C@@H]2O[C@H](CO[C@H]3O[C@H](CO)[C@@H](O)[C@H](O)[C@@H]3O[C@@H]3O[C@H](CO)[C@@H](O[C@@H]4O[C@H](CO)[C@H](O)[C@H](O)[C@H]4O)[C@H](O[C@@H]4O[C@@H](C)[C@@H](O)[C@@H](O)[C@@H]4O)[C@H]3NC(C)=O)[C@@H](O[C@@H]3O[C@H](CO)[C@@H](O)[C@H](O)[C@H]3NC(C)=O)[C@H](O[C@H]3O[C@H](CO)[C@@H](O)[C@H](O)[C@@H]3O[C@@H]3O[C@H](CO)[C@@H](O[C@@H]4O[C@H](CO)[C@H](O)[C@H](O)[C@H]4O)[C@H](O)[C@H]3NC(C)=O)[C@@H]2O)[C@@H]1O. The van der Waals surface area contributed by atoms with Gasteiger partial charge in [0.1, 0.15) is 262 Å².